The summed E-state index contributed by atoms with van der Waals surface area (Å²) in [5, 5.41) is 11.9. The van der Waals surface area contributed by atoms with E-state index in [2.05, 4.69) is 15.5 Å². The van der Waals surface area contributed by atoms with Crippen LogP contribution in [0.3, 0.4) is 0 Å². The van der Waals surface area contributed by atoms with E-state index >= 15 is 0 Å². The number of aromatic nitrogens is 2. The highest BCUT2D eigenvalue weighted by molar-refractivity contribution is 8.02. The normalized spacial score (nSPS) is 17.6. The second kappa shape index (κ2) is 6.31. The van der Waals surface area contributed by atoms with Crippen molar-refractivity contribution in [1.29, 1.82) is 0 Å². The highest BCUT2D eigenvalue weighted by Gasteiger charge is 2.28. The number of esters is 1. The van der Waals surface area contributed by atoms with Gasteiger partial charge < -0.3 is 14.8 Å². The van der Waals surface area contributed by atoms with Crippen LogP contribution in [0.1, 0.15) is 6.42 Å². The Kier molecular flexibility index (Phi) is 4.26. The molecule has 1 unspecified atom stereocenters. The fraction of sp³-hybridized carbons (Fsp3) is 0.308. The molecule has 1 atom stereocenters. The van der Waals surface area contributed by atoms with Crippen molar-refractivity contribution in [2.45, 2.75) is 16.0 Å². The van der Waals surface area contributed by atoms with E-state index in [1.807, 2.05) is 24.3 Å². The maximum atomic E-state index is 11.4. The van der Waals surface area contributed by atoms with Crippen LogP contribution in [0.2, 0.25) is 0 Å². The summed E-state index contributed by atoms with van der Waals surface area (Å²) in [6.07, 6.45) is 0.727. The molecule has 1 saturated heterocycles. The van der Waals surface area contributed by atoms with Crippen LogP contribution in [0.25, 0.3) is 0 Å². The van der Waals surface area contributed by atoms with Crippen molar-refractivity contribution < 1.29 is 14.3 Å². The Morgan fingerprint density at radius 2 is 2.19 bits per heavy atom. The molecule has 0 spiro atoms. The minimum atomic E-state index is -0.167. The molecule has 0 bridgehead atoms. The van der Waals surface area contributed by atoms with E-state index in [1.165, 1.54) is 23.1 Å². The van der Waals surface area contributed by atoms with Gasteiger partial charge in [0.1, 0.15) is 11.0 Å². The predicted molar refractivity (Wildman–Crippen MR) is 81.4 cm³/mol. The van der Waals surface area contributed by atoms with Gasteiger partial charge in [-0.05, 0) is 24.3 Å². The Morgan fingerprint density at radius 1 is 1.38 bits per heavy atom. The van der Waals surface area contributed by atoms with Crippen LogP contribution in [0, 0.1) is 0 Å². The summed E-state index contributed by atoms with van der Waals surface area (Å²) in [5.74, 6) is 0.633. The first kappa shape index (κ1) is 14.2. The van der Waals surface area contributed by atoms with Gasteiger partial charge in [0.05, 0.1) is 13.7 Å². The predicted octanol–water partition coefficient (Wildman–Crippen LogP) is 2.70. The zero-order valence-electron chi connectivity index (χ0n) is 11.2. The minimum Gasteiger partial charge on any atom is -0.497 e. The standard InChI is InChI=1S/C13H13N3O3S2/c1-18-9-4-2-8(3-5-9)14-12-15-16-13(21-12)20-10-6-7-19-11(10)17/h2-5,10H,6-7H2,1H3,(H,14,15). The fourth-order valence-corrected chi connectivity index (χ4v) is 3.80. The fourth-order valence-electron chi connectivity index (χ4n) is 1.81. The summed E-state index contributed by atoms with van der Waals surface area (Å²) in [5.41, 5.74) is 0.906. The van der Waals surface area contributed by atoms with Gasteiger partial charge >= 0.3 is 5.97 Å². The highest BCUT2D eigenvalue weighted by atomic mass is 32.2. The van der Waals surface area contributed by atoms with Crippen molar-refractivity contribution in [1.82, 2.24) is 10.2 Å². The Bertz CT molecular complexity index is 630. The molecular formula is C13H13N3O3S2. The van der Waals surface area contributed by atoms with E-state index in [-0.39, 0.29) is 11.2 Å². The number of thioether (sulfide) groups is 1. The molecule has 21 heavy (non-hydrogen) atoms. The number of anilines is 2. The molecule has 0 amide bonds. The molecular weight excluding hydrogens is 310 g/mol. The Morgan fingerprint density at radius 3 is 2.86 bits per heavy atom. The number of carbonyl (C=O) groups is 1. The smallest absolute Gasteiger partial charge is 0.319 e. The Labute approximate surface area is 129 Å². The van der Waals surface area contributed by atoms with E-state index in [0.29, 0.717) is 11.7 Å². The zero-order valence-corrected chi connectivity index (χ0v) is 12.9. The molecule has 2 heterocycles. The molecule has 2 aromatic rings. The van der Waals surface area contributed by atoms with Gasteiger partial charge in [0.25, 0.3) is 0 Å². The lowest BCUT2D eigenvalue weighted by molar-refractivity contribution is -0.137. The average molecular weight is 323 g/mol. The lowest BCUT2D eigenvalue weighted by atomic mass is 10.3. The molecule has 3 rings (SSSR count). The molecule has 1 aliphatic rings. The third-order valence-electron chi connectivity index (χ3n) is 2.88. The number of hydrogen-bond donors (Lipinski definition) is 1. The minimum absolute atomic E-state index is 0.160. The van der Waals surface area contributed by atoms with E-state index in [1.54, 1.807) is 7.11 Å². The molecule has 1 aromatic carbocycles. The summed E-state index contributed by atoms with van der Waals surface area (Å²) in [7, 11) is 1.63. The summed E-state index contributed by atoms with van der Waals surface area (Å²) in [4.78, 5) is 11.4. The van der Waals surface area contributed by atoms with Crippen LogP contribution < -0.4 is 10.1 Å². The van der Waals surface area contributed by atoms with E-state index < -0.39 is 0 Å². The summed E-state index contributed by atoms with van der Waals surface area (Å²) >= 11 is 2.82. The third-order valence-corrected chi connectivity index (χ3v) is 5.05. The van der Waals surface area contributed by atoms with Crippen molar-refractivity contribution in [3.63, 3.8) is 0 Å². The topological polar surface area (TPSA) is 73.3 Å². The number of rotatable bonds is 5. The van der Waals surface area contributed by atoms with Crippen molar-refractivity contribution in [2.75, 3.05) is 19.0 Å². The van der Waals surface area contributed by atoms with Gasteiger partial charge in [-0.3, -0.25) is 4.79 Å². The summed E-state index contributed by atoms with van der Waals surface area (Å²) in [6, 6.07) is 7.55. The molecule has 1 aromatic heterocycles. The monoisotopic (exact) mass is 323 g/mol. The summed E-state index contributed by atoms with van der Waals surface area (Å²) in [6.45, 7) is 0.492. The number of nitrogens with zero attached hydrogens (tertiary/aromatic N) is 2. The average Bonchev–Trinajstić information content (AvgIpc) is 3.10. The van der Waals surface area contributed by atoms with Gasteiger partial charge in [-0.15, -0.1) is 10.2 Å². The largest absolute Gasteiger partial charge is 0.497 e. The van der Waals surface area contributed by atoms with Crippen LogP contribution in [0.4, 0.5) is 10.8 Å². The van der Waals surface area contributed by atoms with Crippen LogP contribution in [-0.4, -0.2) is 35.1 Å². The number of methoxy groups -OCH3 is 1. The van der Waals surface area contributed by atoms with Crippen molar-refractivity contribution in [2.24, 2.45) is 0 Å². The maximum Gasteiger partial charge on any atom is 0.319 e. The Hall–Kier alpha value is -1.80. The number of benzene rings is 1. The molecule has 110 valence electrons. The molecule has 0 aliphatic carbocycles. The van der Waals surface area contributed by atoms with Gasteiger partial charge in [-0.1, -0.05) is 23.1 Å². The quantitative estimate of drug-likeness (QED) is 0.848. The molecule has 8 heteroatoms. The van der Waals surface area contributed by atoms with Gasteiger partial charge in [-0.2, -0.15) is 0 Å². The van der Waals surface area contributed by atoms with Crippen LogP contribution in [0.15, 0.2) is 28.6 Å². The van der Waals surface area contributed by atoms with Crippen molar-refractivity contribution in [3.8, 4) is 5.75 Å². The molecule has 0 radical (unpaired) electrons. The van der Waals surface area contributed by atoms with E-state index in [4.69, 9.17) is 9.47 Å². The van der Waals surface area contributed by atoms with E-state index in [9.17, 15) is 4.79 Å². The zero-order chi connectivity index (χ0) is 14.7. The lowest BCUT2D eigenvalue weighted by Gasteiger charge is -2.03. The highest BCUT2D eigenvalue weighted by Crippen LogP contribution is 2.34. The van der Waals surface area contributed by atoms with Crippen molar-refractivity contribution in [3.05, 3.63) is 24.3 Å². The Balaban J connectivity index is 1.62. The third kappa shape index (κ3) is 3.45. The molecule has 6 nitrogen and oxygen atoms in total. The number of ether oxygens (including phenoxy) is 2. The second-order valence-corrected chi connectivity index (χ2v) is 6.72. The molecule has 1 N–H and O–H groups in total. The van der Waals surface area contributed by atoms with Gasteiger partial charge in [-0.25, -0.2) is 0 Å². The SMILES string of the molecule is COc1ccc(Nc2nnc(SC3CCOC3=O)s2)cc1. The first-order valence-corrected chi connectivity index (χ1v) is 8.02. The molecule has 0 saturated carbocycles. The van der Waals surface area contributed by atoms with Crippen molar-refractivity contribution >= 4 is 39.9 Å². The lowest BCUT2D eigenvalue weighted by Crippen LogP contribution is -2.08. The first-order chi connectivity index (χ1) is 10.2. The van der Waals surface area contributed by atoms with Gasteiger partial charge in [0.2, 0.25) is 5.13 Å². The first-order valence-electron chi connectivity index (χ1n) is 6.32. The van der Waals surface area contributed by atoms with Gasteiger partial charge in [0.15, 0.2) is 4.34 Å². The number of hydrogen-bond acceptors (Lipinski definition) is 8. The second-order valence-electron chi connectivity index (χ2n) is 4.29. The molecule has 1 aliphatic heterocycles. The van der Waals surface area contributed by atoms with Crippen LogP contribution >= 0.6 is 23.1 Å². The molecule has 1 fully saturated rings. The number of carbonyl (C=O) groups excluding carboxylic acids is 1. The van der Waals surface area contributed by atoms with Crippen LogP contribution in [0.5, 0.6) is 5.75 Å². The van der Waals surface area contributed by atoms with E-state index in [0.717, 1.165) is 22.2 Å². The number of nitrogens with one attached hydrogen (secondary N) is 1. The maximum absolute atomic E-state index is 11.4. The summed E-state index contributed by atoms with van der Waals surface area (Å²) < 4.78 is 10.8. The van der Waals surface area contributed by atoms with Crippen LogP contribution in [-0.2, 0) is 9.53 Å². The van der Waals surface area contributed by atoms with Gasteiger partial charge in [0, 0.05) is 12.1 Å². The number of cyclic esters (lactones) is 1.